The third kappa shape index (κ3) is 5.68. The molecule has 1 fully saturated rings. The standard InChI is InChI=1S/C22H24N6O4S/c1-26-8-10-27(11-9-26)22-24-14-19(21(25-22)32-15-16-6-4-3-5-7-16)33-17-12-18(28(29)30)20(31-2)23-13-17/h3-7,12-14H,8-11,15H2,1-2H3. The number of anilines is 1. The number of pyridine rings is 1. The monoisotopic (exact) mass is 468 g/mol. The predicted octanol–water partition coefficient (Wildman–Crippen LogP) is 3.27. The number of nitro groups is 1. The van der Waals surface area contributed by atoms with Crippen molar-refractivity contribution in [2.45, 2.75) is 16.4 Å². The maximum Gasteiger partial charge on any atom is 0.332 e. The smallest absolute Gasteiger partial charge is 0.332 e. The first kappa shape index (κ1) is 22.7. The summed E-state index contributed by atoms with van der Waals surface area (Å²) in [7, 11) is 3.44. The van der Waals surface area contributed by atoms with Gasteiger partial charge in [-0.25, -0.2) is 9.97 Å². The fourth-order valence-corrected chi connectivity index (χ4v) is 4.12. The average Bonchev–Trinajstić information content (AvgIpc) is 2.84. The van der Waals surface area contributed by atoms with Crippen LogP contribution in [0.15, 0.2) is 58.6 Å². The highest BCUT2D eigenvalue weighted by Crippen LogP contribution is 2.37. The zero-order chi connectivity index (χ0) is 23.2. The highest BCUT2D eigenvalue weighted by Gasteiger charge is 2.21. The number of ether oxygens (including phenoxy) is 2. The summed E-state index contributed by atoms with van der Waals surface area (Å²) < 4.78 is 11.1. The van der Waals surface area contributed by atoms with Crippen molar-refractivity contribution in [1.29, 1.82) is 0 Å². The number of hydrogen-bond acceptors (Lipinski definition) is 10. The highest BCUT2D eigenvalue weighted by molar-refractivity contribution is 7.99. The van der Waals surface area contributed by atoms with Crippen LogP contribution in [0.5, 0.6) is 11.8 Å². The Morgan fingerprint density at radius 1 is 1.09 bits per heavy atom. The molecule has 0 spiro atoms. The molecule has 0 saturated carbocycles. The summed E-state index contributed by atoms with van der Waals surface area (Å²) in [5.74, 6) is 0.993. The van der Waals surface area contributed by atoms with Crippen molar-refractivity contribution in [2.75, 3.05) is 45.2 Å². The predicted molar refractivity (Wildman–Crippen MR) is 124 cm³/mol. The van der Waals surface area contributed by atoms with E-state index in [4.69, 9.17) is 14.5 Å². The van der Waals surface area contributed by atoms with E-state index in [1.54, 1.807) is 6.20 Å². The van der Waals surface area contributed by atoms with E-state index in [9.17, 15) is 10.1 Å². The molecule has 0 atom stereocenters. The first-order chi connectivity index (χ1) is 16.0. The number of nitrogens with zero attached hydrogens (tertiary/aromatic N) is 6. The molecule has 0 amide bonds. The van der Waals surface area contributed by atoms with Crippen molar-refractivity contribution < 1.29 is 14.4 Å². The van der Waals surface area contributed by atoms with Gasteiger partial charge >= 0.3 is 5.69 Å². The van der Waals surface area contributed by atoms with Gasteiger partial charge in [0.25, 0.3) is 5.88 Å². The zero-order valence-electron chi connectivity index (χ0n) is 18.4. The Labute approximate surface area is 195 Å². The summed E-state index contributed by atoms with van der Waals surface area (Å²) in [6.45, 7) is 3.86. The van der Waals surface area contributed by atoms with Gasteiger partial charge in [-0.2, -0.15) is 4.98 Å². The van der Waals surface area contributed by atoms with Crippen LogP contribution in [0.1, 0.15) is 5.56 Å². The second-order valence-corrected chi connectivity index (χ2v) is 8.58. The molecule has 1 aromatic carbocycles. The number of piperazine rings is 1. The summed E-state index contributed by atoms with van der Waals surface area (Å²) >= 11 is 1.26. The molecule has 3 heterocycles. The molecule has 2 aromatic heterocycles. The van der Waals surface area contributed by atoms with Crippen LogP contribution in [0.4, 0.5) is 11.6 Å². The molecule has 11 heteroatoms. The molecule has 0 bridgehead atoms. The van der Waals surface area contributed by atoms with Crippen LogP contribution in [0.3, 0.4) is 0 Å². The van der Waals surface area contributed by atoms with E-state index in [1.807, 2.05) is 30.3 Å². The van der Waals surface area contributed by atoms with E-state index in [0.717, 1.165) is 31.7 Å². The summed E-state index contributed by atoms with van der Waals surface area (Å²) in [5.41, 5.74) is 0.805. The van der Waals surface area contributed by atoms with E-state index in [2.05, 4.69) is 26.8 Å². The number of aromatic nitrogens is 3. The van der Waals surface area contributed by atoms with Crippen molar-refractivity contribution >= 4 is 23.4 Å². The second kappa shape index (κ2) is 10.5. The van der Waals surface area contributed by atoms with Crippen LogP contribution < -0.4 is 14.4 Å². The van der Waals surface area contributed by atoms with Crippen molar-refractivity contribution in [1.82, 2.24) is 19.9 Å². The normalized spacial score (nSPS) is 14.2. The highest BCUT2D eigenvalue weighted by atomic mass is 32.2. The topological polar surface area (TPSA) is 107 Å². The summed E-state index contributed by atoms with van der Waals surface area (Å²) in [6.07, 6.45) is 3.22. The number of hydrogen-bond donors (Lipinski definition) is 0. The quantitative estimate of drug-likeness (QED) is 0.361. The summed E-state index contributed by atoms with van der Waals surface area (Å²) in [4.78, 5) is 29.7. The maximum atomic E-state index is 11.4. The van der Waals surface area contributed by atoms with Gasteiger partial charge in [0.15, 0.2) is 0 Å². The third-order valence-electron chi connectivity index (χ3n) is 5.14. The molecule has 10 nitrogen and oxygen atoms in total. The fraction of sp³-hybridized carbons (Fsp3) is 0.318. The Bertz CT molecular complexity index is 1110. The molecule has 0 aliphatic carbocycles. The Morgan fingerprint density at radius 3 is 2.55 bits per heavy atom. The van der Waals surface area contributed by atoms with Gasteiger partial charge in [-0.1, -0.05) is 42.1 Å². The summed E-state index contributed by atoms with van der Waals surface area (Å²) in [6, 6.07) is 11.2. The molecular weight excluding hydrogens is 444 g/mol. The Balaban J connectivity index is 1.61. The SMILES string of the molecule is COc1ncc(Sc2cnc(N3CCN(C)CC3)nc2OCc2ccccc2)cc1[N+](=O)[O-]. The van der Waals surface area contributed by atoms with Crippen LogP contribution >= 0.6 is 11.8 Å². The van der Waals surface area contributed by atoms with Crippen molar-refractivity contribution in [3.63, 3.8) is 0 Å². The zero-order valence-corrected chi connectivity index (χ0v) is 19.2. The number of likely N-dealkylation sites (N-methyl/N-ethyl adjacent to an activating group) is 1. The molecule has 4 rings (SSSR count). The largest absolute Gasteiger partial charge is 0.476 e. The van der Waals surface area contributed by atoms with Crippen molar-refractivity contribution in [2.24, 2.45) is 0 Å². The van der Waals surface area contributed by atoms with Crippen molar-refractivity contribution in [3.8, 4) is 11.8 Å². The average molecular weight is 469 g/mol. The minimum atomic E-state index is -0.518. The molecule has 0 radical (unpaired) electrons. The Morgan fingerprint density at radius 2 is 1.85 bits per heavy atom. The molecule has 172 valence electrons. The molecule has 0 N–H and O–H groups in total. The molecule has 1 aliphatic heterocycles. The molecule has 1 aliphatic rings. The van der Waals surface area contributed by atoms with Gasteiger partial charge in [0, 0.05) is 43.3 Å². The lowest BCUT2D eigenvalue weighted by molar-refractivity contribution is -0.386. The molecule has 3 aromatic rings. The van der Waals surface area contributed by atoms with Gasteiger partial charge in [-0.15, -0.1) is 0 Å². The number of rotatable bonds is 8. The van der Waals surface area contributed by atoms with E-state index in [0.29, 0.717) is 28.2 Å². The van der Waals surface area contributed by atoms with E-state index >= 15 is 0 Å². The van der Waals surface area contributed by atoms with E-state index < -0.39 is 4.92 Å². The van der Waals surface area contributed by atoms with E-state index in [-0.39, 0.29) is 11.6 Å². The van der Waals surface area contributed by atoms with E-state index in [1.165, 1.54) is 31.1 Å². The van der Waals surface area contributed by atoms with Crippen LogP contribution in [0.25, 0.3) is 0 Å². The van der Waals surface area contributed by atoms with Gasteiger partial charge in [0.2, 0.25) is 11.8 Å². The van der Waals surface area contributed by atoms with Gasteiger partial charge in [-0.3, -0.25) is 10.1 Å². The molecule has 0 unspecified atom stereocenters. The van der Waals surface area contributed by atoms with Crippen molar-refractivity contribution in [3.05, 3.63) is 64.5 Å². The fourth-order valence-electron chi connectivity index (χ4n) is 3.30. The Kier molecular flexibility index (Phi) is 7.20. The number of benzene rings is 1. The minimum Gasteiger partial charge on any atom is -0.476 e. The third-order valence-corrected chi connectivity index (χ3v) is 6.10. The van der Waals surface area contributed by atoms with Crippen LogP contribution in [0, 0.1) is 10.1 Å². The molecule has 1 saturated heterocycles. The van der Waals surface area contributed by atoms with Gasteiger partial charge in [-0.05, 0) is 12.6 Å². The lowest BCUT2D eigenvalue weighted by Crippen LogP contribution is -2.45. The minimum absolute atomic E-state index is 0.0356. The van der Waals surface area contributed by atoms with Crippen LogP contribution in [-0.4, -0.2) is 65.1 Å². The molecular formula is C22H24N6O4S. The summed E-state index contributed by atoms with van der Waals surface area (Å²) in [5, 5.41) is 11.4. The maximum absolute atomic E-state index is 11.4. The second-order valence-electron chi connectivity index (χ2n) is 7.46. The first-order valence-electron chi connectivity index (χ1n) is 10.4. The first-order valence-corrected chi connectivity index (χ1v) is 11.2. The molecule has 33 heavy (non-hydrogen) atoms. The van der Waals surface area contributed by atoms with Gasteiger partial charge in [0.05, 0.1) is 23.1 Å². The number of methoxy groups -OCH3 is 1. The lowest BCUT2D eigenvalue weighted by Gasteiger charge is -2.32. The van der Waals surface area contributed by atoms with Crippen LogP contribution in [-0.2, 0) is 6.61 Å². The van der Waals surface area contributed by atoms with Gasteiger partial charge < -0.3 is 19.3 Å². The Hall–Kier alpha value is -3.44. The lowest BCUT2D eigenvalue weighted by atomic mass is 10.2. The van der Waals surface area contributed by atoms with Gasteiger partial charge in [0.1, 0.15) is 6.61 Å². The van der Waals surface area contributed by atoms with Crippen LogP contribution in [0.2, 0.25) is 0 Å².